The smallest absolute Gasteiger partial charge is 0.261 e. The standard InChI is InChI=1S/C27H31N3O3S/c1-27(2,3)22-12-14-23(15-13-22)28-34(32,33)25-11-7-8-21(20-25)26(31)30-18-16-29(17-19-30)24-9-5-4-6-10-24/h4-15,20,28H,16-19H2,1-3H3. The summed E-state index contributed by atoms with van der Waals surface area (Å²) in [6, 6.07) is 23.8. The molecule has 6 nitrogen and oxygen atoms in total. The minimum absolute atomic E-state index is 0.0152. The van der Waals surface area contributed by atoms with E-state index in [-0.39, 0.29) is 16.2 Å². The van der Waals surface area contributed by atoms with E-state index in [1.807, 2.05) is 30.3 Å². The van der Waals surface area contributed by atoms with E-state index in [9.17, 15) is 13.2 Å². The maximum atomic E-state index is 13.1. The van der Waals surface area contributed by atoms with Gasteiger partial charge in [0, 0.05) is 43.1 Å². The van der Waals surface area contributed by atoms with Crippen molar-refractivity contribution in [3.05, 3.63) is 90.0 Å². The Morgan fingerprint density at radius 1 is 0.824 bits per heavy atom. The van der Waals surface area contributed by atoms with E-state index < -0.39 is 10.0 Å². The summed E-state index contributed by atoms with van der Waals surface area (Å²) in [5, 5.41) is 0. The number of para-hydroxylation sites is 1. The number of carbonyl (C=O) groups is 1. The summed E-state index contributed by atoms with van der Waals surface area (Å²) >= 11 is 0. The molecule has 1 fully saturated rings. The third-order valence-corrected chi connectivity index (χ3v) is 7.46. The molecule has 0 saturated carbocycles. The van der Waals surface area contributed by atoms with Crippen LogP contribution in [0, 0.1) is 0 Å². The Labute approximate surface area is 202 Å². The zero-order valence-corrected chi connectivity index (χ0v) is 20.7. The van der Waals surface area contributed by atoms with E-state index in [0.717, 1.165) is 24.3 Å². The summed E-state index contributed by atoms with van der Waals surface area (Å²) in [4.78, 5) is 17.2. The molecule has 178 valence electrons. The van der Waals surface area contributed by atoms with Crippen molar-refractivity contribution < 1.29 is 13.2 Å². The van der Waals surface area contributed by atoms with Gasteiger partial charge in [0.25, 0.3) is 15.9 Å². The Kier molecular flexibility index (Phi) is 6.66. The minimum atomic E-state index is -3.82. The molecule has 7 heteroatoms. The lowest BCUT2D eigenvalue weighted by Gasteiger charge is -2.36. The molecular formula is C27H31N3O3S. The Hall–Kier alpha value is -3.32. The molecule has 0 bridgehead atoms. The number of benzene rings is 3. The predicted octanol–water partition coefficient (Wildman–Crippen LogP) is 4.75. The second-order valence-electron chi connectivity index (χ2n) is 9.58. The van der Waals surface area contributed by atoms with Gasteiger partial charge < -0.3 is 9.80 Å². The molecule has 1 amide bonds. The number of amides is 1. The zero-order chi connectivity index (χ0) is 24.3. The fourth-order valence-corrected chi connectivity index (χ4v) is 5.14. The number of rotatable bonds is 5. The largest absolute Gasteiger partial charge is 0.368 e. The first-order valence-corrected chi connectivity index (χ1v) is 12.9. The Morgan fingerprint density at radius 2 is 1.47 bits per heavy atom. The molecular weight excluding hydrogens is 446 g/mol. The van der Waals surface area contributed by atoms with E-state index in [1.54, 1.807) is 29.2 Å². The van der Waals surface area contributed by atoms with Gasteiger partial charge >= 0.3 is 0 Å². The maximum Gasteiger partial charge on any atom is 0.261 e. The second kappa shape index (κ2) is 9.50. The zero-order valence-electron chi connectivity index (χ0n) is 19.9. The summed E-state index contributed by atoms with van der Waals surface area (Å²) in [5.41, 5.74) is 3.11. The number of anilines is 2. The quantitative estimate of drug-likeness (QED) is 0.576. The van der Waals surface area contributed by atoms with E-state index in [1.165, 1.54) is 12.1 Å². The highest BCUT2D eigenvalue weighted by molar-refractivity contribution is 7.92. The van der Waals surface area contributed by atoms with Crippen molar-refractivity contribution in [2.24, 2.45) is 0 Å². The average molecular weight is 478 g/mol. The first-order chi connectivity index (χ1) is 16.1. The molecule has 0 aromatic heterocycles. The van der Waals surface area contributed by atoms with Gasteiger partial charge in [-0.1, -0.05) is 57.2 Å². The van der Waals surface area contributed by atoms with Gasteiger partial charge in [-0.25, -0.2) is 8.42 Å². The predicted molar refractivity (Wildman–Crippen MR) is 137 cm³/mol. The van der Waals surface area contributed by atoms with E-state index in [2.05, 4.69) is 42.5 Å². The normalized spacial score (nSPS) is 14.7. The van der Waals surface area contributed by atoms with Gasteiger partial charge in [-0.15, -0.1) is 0 Å². The molecule has 1 N–H and O–H groups in total. The number of hydrogen-bond acceptors (Lipinski definition) is 4. The van der Waals surface area contributed by atoms with Gasteiger partial charge in [0.2, 0.25) is 0 Å². The van der Waals surface area contributed by atoms with Crippen LogP contribution in [0.3, 0.4) is 0 Å². The third kappa shape index (κ3) is 5.42. The number of nitrogens with zero attached hydrogens (tertiary/aromatic N) is 2. The van der Waals surface area contributed by atoms with Gasteiger partial charge in [0.1, 0.15) is 0 Å². The number of carbonyl (C=O) groups excluding carboxylic acids is 1. The first-order valence-electron chi connectivity index (χ1n) is 11.5. The number of nitrogens with one attached hydrogen (secondary N) is 1. The van der Waals surface area contributed by atoms with E-state index in [0.29, 0.717) is 24.3 Å². The van der Waals surface area contributed by atoms with Crippen molar-refractivity contribution in [1.29, 1.82) is 0 Å². The molecule has 4 rings (SSSR count). The minimum Gasteiger partial charge on any atom is -0.368 e. The van der Waals surface area contributed by atoms with Crippen molar-refractivity contribution in [2.45, 2.75) is 31.1 Å². The van der Waals surface area contributed by atoms with Crippen LogP contribution in [0.25, 0.3) is 0 Å². The van der Waals surface area contributed by atoms with Gasteiger partial charge in [0.05, 0.1) is 4.90 Å². The molecule has 1 aliphatic heterocycles. The van der Waals surface area contributed by atoms with Crippen molar-refractivity contribution in [3.63, 3.8) is 0 Å². The molecule has 1 heterocycles. The molecule has 34 heavy (non-hydrogen) atoms. The molecule has 3 aromatic rings. The topological polar surface area (TPSA) is 69.7 Å². The van der Waals surface area contributed by atoms with Gasteiger partial charge in [-0.3, -0.25) is 9.52 Å². The molecule has 1 saturated heterocycles. The van der Waals surface area contributed by atoms with E-state index >= 15 is 0 Å². The molecule has 1 aliphatic rings. The molecule has 0 aliphatic carbocycles. The molecule has 0 radical (unpaired) electrons. The highest BCUT2D eigenvalue weighted by Gasteiger charge is 2.24. The summed E-state index contributed by atoms with van der Waals surface area (Å²) in [6.45, 7) is 8.97. The summed E-state index contributed by atoms with van der Waals surface area (Å²) in [7, 11) is -3.82. The fourth-order valence-electron chi connectivity index (χ4n) is 4.04. The second-order valence-corrected chi connectivity index (χ2v) is 11.3. The highest BCUT2D eigenvalue weighted by Crippen LogP contribution is 2.25. The lowest BCUT2D eigenvalue weighted by atomic mass is 9.87. The van der Waals surface area contributed by atoms with Crippen LogP contribution in [-0.2, 0) is 15.4 Å². The summed E-state index contributed by atoms with van der Waals surface area (Å²) in [5.74, 6) is -0.153. The maximum absolute atomic E-state index is 13.1. The first kappa shape index (κ1) is 23.8. The van der Waals surface area contributed by atoms with Gasteiger partial charge in [-0.2, -0.15) is 0 Å². The van der Waals surface area contributed by atoms with E-state index in [4.69, 9.17) is 0 Å². The van der Waals surface area contributed by atoms with Crippen LogP contribution in [0.1, 0.15) is 36.7 Å². The summed E-state index contributed by atoms with van der Waals surface area (Å²) in [6.07, 6.45) is 0. The van der Waals surface area contributed by atoms with Crippen LogP contribution in [0.4, 0.5) is 11.4 Å². The third-order valence-electron chi connectivity index (χ3n) is 6.08. The number of piperazine rings is 1. The Morgan fingerprint density at radius 3 is 2.09 bits per heavy atom. The van der Waals surface area contributed by atoms with Crippen LogP contribution >= 0.6 is 0 Å². The lowest BCUT2D eigenvalue weighted by Crippen LogP contribution is -2.48. The monoisotopic (exact) mass is 477 g/mol. The Bertz CT molecular complexity index is 1240. The number of hydrogen-bond donors (Lipinski definition) is 1. The van der Waals surface area contributed by atoms with Crippen molar-refractivity contribution in [2.75, 3.05) is 35.8 Å². The summed E-state index contributed by atoms with van der Waals surface area (Å²) < 4.78 is 28.6. The molecule has 3 aromatic carbocycles. The van der Waals surface area contributed by atoms with Crippen LogP contribution in [0.2, 0.25) is 0 Å². The molecule has 0 spiro atoms. The number of sulfonamides is 1. The fraction of sp³-hybridized carbons (Fsp3) is 0.296. The molecule has 0 atom stereocenters. The Balaban J connectivity index is 1.44. The highest BCUT2D eigenvalue weighted by atomic mass is 32.2. The van der Waals surface area contributed by atoms with Crippen LogP contribution in [0.15, 0.2) is 83.8 Å². The van der Waals surface area contributed by atoms with Crippen LogP contribution in [-0.4, -0.2) is 45.4 Å². The van der Waals surface area contributed by atoms with Crippen LogP contribution < -0.4 is 9.62 Å². The van der Waals surface area contributed by atoms with Crippen molar-refractivity contribution in [3.8, 4) is 0 Å². The van der Waals surface area contributed by atoms with Crippen LogP contribution in [0.5, 0.6) is 0 Å². The van der Waals surface area contributed by atoms with Gasteiger partial charge in [-0.05, 0) is 53.4 Å². The average Bonchev–Trinajstić information content (AvgIpc) is 2.84. The molecule has 0 unspecified atom stereocenters. The van der Waals surface area contributed by atoms with Crippen molar-refractivity contribution in [1.82, 2.24) is 4.90 Å². The SMILES string of the molecule is CC(C)(C)c1ccc(NS(=O)(=O)c2cccc(C(=O)N3CCN(c4ccccc4)CC3)c2)cc1. The van der Waals surface area contributed by atoms with Gasteiger partial charge in [0.15, 0.2) is 0 Å². The van der Waals surface area contributed by atoms with Crippen molar-refractivity contribution >= 4 is 27.3 Å². The lowest BCUT2D eigenvalue weighted by molar-refractivity contribution is 0.0746.